The van der Waals surface area contributed by atoms with E-state index < -0.39 is 0 Å². The summed E-state index contributed by atoms with van der Waals surface area (Å²) in [6, 6.07) is 3.75. The second-order valence-corrected chi connectivity index (χ2v) is 5.60. The van der Waals surface area contributed by atoms with Crippen LogP contribution in [0.2, 0.25) is 4.34 Å². The van der Waals surface area contributed by atoms with Gasteiger partial charge in [-0.2, -0.15) is 0 Å². The number of carbonyl (C=O) groups excluding carboxylic acids is 1. The standard InChI is InChI=1S/C9H6ClNOS2/c1-5-6(4-12)11-9(13-5)7-2-3-8(10)14-7/h2-4H,1H3. The number of aromatic nitrogens is 1. The number of thiophene rings is 1. The van der Waals surface area contributed by atoms with Crippen LogP contribution in [0, 0.1) is 6.92 Å². The molecule has 14 heavy (non-hydrogen) atoms. The first-order chi connectivity index (χ1) is 6.70. The van der Waals surface area contributed by atoms with Crippen LogP contribution in [0.5, 0.6) is 0 Å². The lowest BCUT2D eigenvalue weighted by Gasteiger charge is -1.84. The number of aryl methyl sites for hydroxylation is 1. The maximum atomic E-state index is 10.6. The maximum absolute atomic E-state index is 10.6. The average Bonchev–Trinajstić information content (AvgIpc) is 2.71. The number of hydrogen-bond acceptors (Lipinski definition) is 4. The van der Waals surface area contributed by atoms with Gasteiger partial charge in [0.1, 0.15) is 10.7 Å². The number of nitrogens with zero attached hydrogens (tertiary/aromatic N) is 1. The van der Waals surface area contributed by atoms with Crippen LogP contribution in [-0.2, 0) is 0 Å². The summed E-state index contributed by atoms with van der Waals surface area (Å²) in [7, 11) is 0. The molecule has 0 spiro atoms. The van der Waals surface area contributed by atoms with Gasteiger partial charge < -0.3 is 0 Å². The van der Waals surface area contributed by atoms with Crippen LogP contribution in [0.4, 0.5) is 0 Å². The molecule has 0 aliphatic carbocycles. The van der Waals surface area contributed by atoms with Crippen molar-refractivity contribution in [2.24, 2.45) is 0 Å². The summed E-state index contributed by atoms with van der Waals surface area (Å²) < 4.78 is 0.737. The van der Waals surface area contributed by atoms with E-state index in [0.717, 1.165) is 25.4 Å². The lowest BCUT2D eigenvalue weighted by Crippen LogP contribution is -1.80. The Morgan fingerprint density at radius 1 is 1.43 bits per heavy atom. The second kappa shape index (κ2) is 3.81. The molecule has 0 aromatic carbocycles. The molecule has 2 aromatic rings. The number of carbonyl (C=O) groups is 1. The summed E-state index contributed by atoms with van der Waals surface area (Å²) in [5, 5.41) is 0.863. The Bertz CT molecular complexity index is 475. The number of thiazole rings is 1. The minimum absolute atomic E-state index is 0.523. The monoisotopic (exact) mass is 243 g/mol. The average molecular weight is 244 g/mol. The molecule has 0 aliphatic heterocycles. The minimum Gasteiger partial charge on any atom is -0.296 e. The molecule has 72 valence electrons. The summed E-state index contributed by atoms with van der Waals surface area (Å²) in [6.45, 7) is 1.89. The van der Waals surface area contributed by atoms with Gasteiger partial charge in [-0.3, -0.25) is 4.79 Å². The van der Waals surface area contributed by atoms with Gasteiger partial charge in [-0.1, -0.05) is 11.6 Å². The van der Waals surface area contributed by atoms with Crippen molar-refractivity contribution >= 4 is 40.6 Å². The summed E-state index contributed by atoms with van der Waals surface area (Å²) in [4.78, 5) is 16.8. The Kier molecular flexibility index (Phi) is 2.67. The van der Waals surface area contributed by atoms with Crippen molar-refractivity contribution in [3.63, 3.8) is 0 Å². The van der Waals surface area contributed by atoms with Crippen molar-refractivity contribution in [2.45, 2.75) is 6.92 Å². The topological polar surface area (TPSA) is 30.0 Å². The summed E-state index contributed by atoms with van der Waals surface area (Å²) in [5.41, 5.74) is 0.523. The molecule has 0 unspecified atom stereocenters. The molecule has 2 nitrogen and oxygen atoms in total. The maximum Gasteiger partial charge on any atom is 0.169 e. The minimum atomic E-state index is 0.523. The summed E-state index contributed by atoms with van der Waals surface area (Å²) in [5.74, 6) is 0. The van der Waals surface area contributed by atoms with E-state index in [1.165, 1.54) is 22.7 Å². The van der Waals surface area contributed by atoms with Gasteiger partial charge in [0.15, 0.2) is 6.29 Å². The number of halogens is 1. The van der Waals surface area contributed by atoms with Gasteiger partial charge in [-0.05, 0) is 19.1 Å². The Morgan fingerprint density at radius 2 is 2.21 bits per heavy atom. The molecule has 0 saturated carbocycles. The lowest BCUT2D eigenvalue weighted by molar-refractivity contribution is 0.111. The fraction of sp³-hybridized carbons (Fsp3) is 0.111. The van der Waals surface area contributed by atoms with Crippen LogP contribution in [0.15, 0.2) is 12.1 Å². The molecule has 0 radical (unpaired) electrons. The first-order valence-electron chi connectivity index (χ1n) is 3.89. The Balaban J connectivity index is 2.47. The molecule has 2 aromatic heterocycles. The first kappa shape index (κ1) is 9.83. The third kappa shape index (κ3) is 1.73. The number of rotatable bonds is 2. The largest absolute Gasteiger partial charge is 0.296 e. The fourth-order valence-corrected chi connectivity index (χ4v) is 3.03. The Morgan fingerprint density at radius 3 is 2.71 bits per heavy atom. The van der Waals surface area contributed by atoms with E-state index in [4.69, 9.17) is 11.6 Å². The first-order valence-corrected chi connectivity index (χ1v) is 5.90. The van der Waals surface area contributed by atoms with Gasteiger partial charge >= 0.3 is 0 Å². The normalized spacial score (nSPS) is 10.4. The van der Waals surface area contributed by atoms with Crippen LogP contribution in [0.25, 0.3) is 9.88 Å². The SMILES string of the molecule is Cc1sc(-c2ccc(Cl)s2)nc1C=O. The van der Waals surface area contributed by atoms with E-state index in [1.807, 2.05) is 19.1 Å². The van der Waals surface area contributed by atoms with E-state index >= 15 is 0 Å². The van der Waals surface area contributed by atoms with Crippen LogP contribution in [0.3, 0.4) is 0 Å². The highest BCUT2D eigenvalue weighted by molar-refractivity contribution is 7.23. The molecule has 0 amide bonds. The van der Waals surface area contributed by atoms with E-state index in [9.17, 15) is 4.79 Å². The highest BCUT2D eigenvalue weighted by Gasteiger charge is 2.10. The van der Waals surface area contributed by atoms with Crippen molar-refractivity contribution in [3.05, 3.63) is 27.0 Å². The molecule has 0 aliphatic rings. The van der Waals surface area contributed by atoms with Crippen LogP contribution in [0.1, 0.15) is 15.4 Å². The van der Waals surface area contributed by atoms with Crippen LogP contribution >= 0.6 is 34.3 Å². The zero-order valence-electron chi connectivity index (χ0n) is 7.28. The van der Waals surface area contributed by atoms with E-state index in [1.54, 1.807) is 0 Å². The smallest absolute Gasteiger partial charge is 0.169 e. The van der Waals surface area contributed by atoms with E-state index in [-0.39, 0.29) is 0 Å². The summed E-state index contributed by atoms with van der Waals surface area (Å²) >= 11 is 8.80. The molecular formula is C9H6ClNOS2. The molecule has 0 N–H and O–H groups in total. The third-order valence-corrected chi connectivity index (χ3v) is 4.12. The fourth-order valence-electron chi connectivity index (χ4n) is 1.05. The molecule has 2 rings (SSSR count). The predicted molar refractivity (Wildman–Crippen MR) is 60.6 cm³/mol. The van der Waals surface area contributed by atoms with Crippen molar-refractivity contribution in [1.82, 2.24) is 4.98 Å². The van der Waals surface area contributed by atoms with Crippen molar-refractivity contribution in [1.29, 1.82) is 0 Å². The van der Waals surface area contributed by atoms with Gasteiger partial charge in [0.05, 0.1) is 9.21 Å². The zero-order valence-corrected chi connectivity index (χ0v) is 9.67. The Hall–Kier alpha value is -0.710. The molecular weight excluding hydrogens is 238 g/mol. The highest BCUT2D eigenvalue weighted by Crippen LogP contribution is 2.34. The highest BCUT2D eigenvalue weighted by atomic mass is 35.5. The van der Waals surface area contributed by atoms with Gasteiger partial charge in [0.2, 0.25) is 0 Å². The van der Waals surface area contributed by atoms with Crippen LogP contribution in [-0.4, -0.2) is 11.3 Å². The Labute approximate surface area is 94.2 Å². The molecule has 5 heteroatoms. The van der Waals surface area contributed by atoms with E-state index in [0.29, 0.717) is 5.69 Å². The van der Waals surface area contributed by atoms with Gasteiger partial charge in [-0.25, -0.2) is 4.98 Å². The number of aldehydes is 1. The van der Waals surface area contributed by atoms with E-state index in [2.05, 4.69) is 4.98 Å². The third-order valence-electron chi connectivity index (χ3n) is 1.73. The zero-order chi connectivity index (χ0) is 10.1. The molecule has 2 heterocycles. The van der Waals surface area contributed by atoms with Crippen molar-refractivity contribution in [2.75, 3.05) is 0 Å². The van der Waals surface area contributed by atoms with Crippen molar-refractivity contribution < 1.29 is 4.79 Å². The molecule has 0 atom stereocenters. The van der Waals surface area contributed by atoms with Gasteiger partial charge in [0, 0.05) is 4.88 Å². The second-order valence-electron chi connectivity index (χ2n) is 2.68. The van der Waals surface area contributed by atoms with Gasteiger partial charge in [-0.15, -0.1) is 22.7 Å². The summed E-state index contributed by atoms with van der Waals surface area (Å²) in [6.07, 6.45) is 0.782. The number of hydrogen-bond donors (Lipinski definition) is 0. The quantitative estimate of drug-likeness (QED) is 0.754. The predicted octanol–water partition coefficient (Wildman–Crippen LogP) is 3.65. The van der Waals surface area contributed by atoms with Crippen LogP contribution < -0.4 is 0 Å². The lowest BCUT2D eigenvalue weighted by atomic mass is 10.4. The van der Waals surface area contributed by atoms with Crippen molar-refractivity contribution in [3.8, 4) is 9.88 Å². The molecule has 0 fully saturated rings. The molecule has 0 bridgehead atoms. The molecule has 0 saturated heterocycles. The van der Waals surface area contributed by atoms with Gasteiger partial charge in [0.25, 0.3) is 0 Å².